The summed E-state index contributed by atoms with van der Waals surface area (Å²) in [4.78, 5) is 11.9. The Bertz CT molecular complexity index is 205. The maximum atomic E-state index is 11.9. The molecule has 0 N–H and O–H groups in total. The van der Waals surface area contributed by atoms with E-state index in [-0.39, 0.29) is 10.8 Å². The average Bonchev–Trinajstić information content (AvgIpc) is 2.65. The minimum absolute atomic E-state index is 0.240. The Hall–Kier alpha value is -0.330. The van der Waals surface area contributed by atoms with Gasteiger partial charge >= 0.3 is 0 Å². The molecule has 0 aromatic heterocycles. The molecule has 12 heavy (non-hydrogen) atoms. The van der Waals surface area contributed by atoms with Gasteiger partial charge in [0, 0.05) is 10.8 Å². The highest BCUT2D eigenvalue weighted by Gasteiger charge is 2.76. The predicted molar refractivity (Wildman–Crippen MR) is 46.8 cm³/mol. The molecule has 3 fully saturated rings. The van der Waals surface area contributed by atoms with Crippen molar-refractivity contribution in [1.29, 1.82) is 0 Å². The van der Waals surface area contributed by atoms with Gasteiger partial charge in [-0.05, 0) is 25.7 Å². The molecule has 2 spiro atoms. The zero-order chi connectivity index (χ0) is 8.23. The van der Waals surface area contributed by atoms with E-state index in [1.165, 1.54) is 51.4 Å². The van der Waals surface area contributed by atoms with Crippen LogP contribution in [0.15, 0.2) is 0 Å². The van der Waals surface area contributed by atoms with Crippen LogP contribution in [0, 0.1) is 10.8 Å². The Labute approximate surface area is 73.5 Å². The third kappa shape index (κ3) is 0.541. The molecule has 0 aliphatic heterocycles. The maximum absolute atomic E-state index is 11.9. The second-order valence-electron chi connectivity index (χ2n) is 4.91. The van der Waals surface area contributed by atoms with Crippen molar-refractivity contribution in [2.24, 2.45) is 10.8 Å². The number of rotatable bonds is 0. The highest BCUT2D eigenvalue weighted by molar-refractivity contribution is 6.08. The molecule has 0 amide bonds. The van der Waals surface area contributed by atoms with E-state index < -0.39 is 0 Å². The average molecular weight is 164 g/mol. The number of Topliss-reactive ketones (excluding diaryl/α,β-unsaturated/α-hetero) is 1. The van der Waals surface area contributed by atoms with E-state index in [4.69, 9.17) is 0 Å². The third-order valence-corrected chi connectivity index (χ3v) is 4.64. The predicted octanol–water partition coefficient (Wildman–Crippen LogP) is 2.69. The van der Waals surface area contributed by atoms with Gasteiger partial charge in [-0.2, -0.15) is 0 Å². The zero-order valence-electron chi connectivity index (χ0n) is 7.57. The van der Waals surface area contributed by atoms with E-state index >= 15 is 0 Å². The molecule has 66 valence electrons. The number of carbonyl (C=O) groups excluding carboxylic acids is 1. The topological polar surface area (TPSA) is 17.1 Å². The van der Waals surface area contributed by atoms with Crippen molar-refractivity contribution in [2.75, 3.05) is 0 Å². The molecule has 0 radical (unpaired) electrons. The van der Waals surface area contributed by atoms with Crippen LogP contribution in [-0.4, -0.2) is 5.78 Å². The first-order valence-corrected chi connectivity index (χ1v) is 5.37. The standard InChI is InChI=1S/C11H16O/c12-9-10(5-1-2-6-10)11(9)7-3-4-8-11/h1-8H2. The van der Waals surface area contributed by atoms with Gasteiger partial charge in [0.05, 0.1) is 0 Å². The van der Waals surface area contributed by atoms with Crippen molar-refractivity contribution >= 4 is 5.78 Å². The summed E-state index contributed by atoms with van der Waals surface area (Å²) in [5.41, 5.74) is 0.479. The zero-order valence-corrected chi connectivity index (χ0v) is 7.57. The van der Waals surface area contributed by atoms with Gasteiger partial charge in [-0.25, -0.2) is 0 Å². The summed E-state index contributed by atoms with van der Waals surface area (Å²) < 4.78 is 0. The lowest BCUT2D eigenvalue weighted by atomic mass is 9.90. The third-order valence-electron chi connectivity index (χ3n) is 4.64. The van der Waals surface area contributed by atoms with Crippen LogP contribution in [0.25, 0.3) is 0 Å². The number of hydrogen-bond donors (Lipinski definition) is 0. The second kappa shape index (κ2) is 1.94. The Morgan fingerprint density at radius 1 is 0.750 bits per heavy atom. The highest BCUT2D eigenvalue weighted by atomic mass is 16.1. The molecular weight excluding hydrogens is 148 g/mol. The lowest BCUT2D eigenvalue weighted by Gasteiger charge is -2.11. The number of ketones is 1. The summed E-state index contributed by atoms with van der Waals surface area (Å²) in [5, 5.41) is 0. The minimum atomic E-state index is 0.240. The first-order chi connectivity index (χ1) is 5.82. The van der Waals surface area contributed by atoms with Gasteiger partial charge in [0.1, 0.15) is 5.78 Å². The fourth-order valence-corrected chi connectivity index (χ4v) is 3.96. The van der Waals surface area contributed by atoms with E-state index in [1.807, 2.05) is 0 Å². The van der Waals surface area contributed by atoms with Crippen LogP contribution in [0.1, 0.15) is 51.4 Å². The van der Waals surface area contributed by atoms with E-state index in [0.717, 1.165) is 0 Å². The minimum Gasteiger partial charge on any atom is -0.298 e. The summed E-state index contributed by atoms with van der Waals surface area (Å²) in [6, 6.07) is 0. The van der Waals surface area contributed by atoms with E-state index in [2.05, 4.69) is 0 Å². The van der Waals surface area contributed by atoms with Crippen LogP contribution >= 0.6 is 0 Å². The summed E-state index contributed by atoms with van der Waals surface area (Å²) >= 11 is 0. The molecule has 0 unspecified atom stereocenters. The normalized spacial score (nSPS) is 35.2. The fraction of sp³-hybridized carbons (Fsp3) is 0.909. The molecule has 0 bridgehead atoms. The van der Waals surface area contributed by atoms with Crippen molar-refractivity contribution in [1.82, 2.24) is 0 Å². The van der Waals surface area contributed by atoms with Gasteiger partial charge in [-0.15, -0.1) is 0 Å². The van der Waals surface area contributed by atoms with Crippen molar-refractivity contribution in [2.45, 2.75) is 51.4 Å². The molecule has 3 rings (SSSR count). The number of fused-ring (bicyclic) bond motifs is 1. The smallest absolute Gasteiger partial charge is 0.147 e. The summed E-state index contributed by atoms with van der Waals surface area (Å²) in [6.07, 6.45) is 10.2. The van der Waals surface area contributed by atoms with Crippen LogP contribution in [0.2, 0.25) is 0 Å². The Balaban J connectivity index is 1.95. The van der Waals surface area contributed by atoms with Crippen LogP contribution in [0.5, 0.6) is 0 Å². The van der Waals surface area contributed by atoms with Gasteiger partial charge in [-0.1, -0.05) is 25.7 Å². The van der Waals surface area contributed by atoms with E-state index in [1.54, 1.807) is 0 Å². The summed E-state index contributed by atoms with van der Waals surface area (Å²) in [6.45, 7) is 0. The monoisotopic (exact) mass is 164 g/mol. The van der Waals surface area contributed by atoms with Gasteiger partial charge < -0.3 is 0 Å². The highest BCUT2D eigenvalue weighted by Crippen LogP contribution is 2.74. The number of hydrogen-bond acceptors (Lipinski definition) is 1. The van der Waals surface area contributed by atoms with Crippen molar-refractivity contribution < 1.29 is 4.79 Å². The molecular formula is C11H16O. The molecule has 1 nitrogen and oxygen atoms in total. The molecule has 3 aliphatic carbocycles. The van der Waals surface area contributed by atoms with Crippen molar-refractivity contribution in [3.8, 4) is 0 Å². The molecule has 3 saturated carbocycles. The lowest BCUT2D eigenvalue weighted by Crippen LogP contribution is -2.06. The fourth-order valence-electron chi connectivity index (χ4n) is 3.96. The Kier molecular flexibility index (Phi) is 1.15. The largest absolute Gasteiger partial charge is 0.298 e. The quantitative estimate of drug-likeness (QED) is 0.538. The van der Waals surface area contributed by atoms with Crippen molar-refractivity contribution in [3.63, 3.8) is 0 Å². The molecule has 0 atom stereocenters. The lowest BCUT2D eigenvalue weighted by molar-refractivity contribution is -0.114. The number of carbonyl (C=O) groups is 1. The van der Waals surface area contributed by atoms with Crippen LogP contribution in [0.3, 0.4) is 0 Å². The van der Waals surface area contributed by atoms with Gasteiger partial charge in [0.15, 0.2) is 0 Å². The molecule has 3 aliphatic rings. The second-order valence-corrected chi connectivity index (χ2v) is 4.91. The van der Waals surface area contributed by atoms with E-state index in [0.29, 0.717) is 5.78 Å². The van der Waals surface area contributed by atoms with Crippen molar-refractivity contribution in [3.05, 3.63) is 0 Å². The molecule has 0 heterocycles. The Morgan fingerprint density at radius 2 is 1.08 bits per heavy atom. The molecule has 0 aromatic rings. The van der Waals surface area contributed by atoms with Crippen LogP contribution in [0.4, 0.5) is 0 Å². The molecule has 0 aromatic carbocycles. The molecule has 0 saturated heterocycles. The maximum Gasteiger partial charge on any atom is 0.147 e. The first-order valence-electron chi connectivity index (χ1n) is 5.37. The van der Waals surface area contributed by atoms with Crippen LogP contribution in [-0.2, 0) is 4.79 Å². The molecule has 1 heteroatoms. The van der Waals surface area contributed by atoms with Crippen LogP contribution < -0.4 is 0 Å². The van der Waals surface area contributed by atoms with E-state index in [9.17, 15) is 4.79 Å². The summed E-state index contributed by atoms with van der Waals surface area (Å²) in [7, 11) is 0. The van der Waals surface area contributed by atoms with Gasteiger partial charge in [0.25, 0.3) is 0 Å². The SMILES string of the molecule is O=C1C2(CCCC2)C12CCCC2. The Morgan fingerprint density at radius 3 is 1.42 bits per heavy atom. The van der Waals surface area contributed by atoms with Gasteiger partial charge in [-0.3, -0.25) is 4.79 Å². The van der Waals surface area contributed by atoms with Gasteiger partial charge in [0.2, 0.25) is 0 Å². The first kappa shape index (κ1) is 7.11. The summed E-state index contributed by atoms with van der Waals surface area (Å²) in [5.74, 6) is 0.657.